The zero-order chi connectivity index (χ0) is 18.4. The molecule has 1 fully saturated rings. The van der Waals surface area contributed by atoms with Crippen molar-refractivity contribution >= 4 is 12.0 Å². The molecule has 0 bridgehead atoms. The van der Waals surface area contributed by atoms with Gasteiger partial charge in [0.05, 0.1) is 13.2 Å². The molecule has 6 nitrogen and oxygen atoms in total. The number of morpholine rings is 1. The fourth-order valence-electron chi connectivity index (χ4n) is 2.86. The summed E-state index contributed by atoms with van der Waals surface area (Å²) in [5.74, 6) is 0.277. The fourth-order valence-corrected chi connectivity index (χ4v) is 2.86. The van der Waals surface area contributed by atoms with Gasteiger partial charge in [-0.2, -0.15) is 0 Å². The molecule has 1 aliphatic rings. The van der Waals surface area contributed by atoms with Crippen LogP contribution in [0.1, 0.15) is 18.6 Å². The molecule has 26 heavy (non-hydrogen) atoms. The van der Waals surface area contributed by atoms with Gasteiger partial charge in [0.2, 0.25) is 5.91 Å². The molecule has 1 saturated heterocycles. The van der Waals surface area contributed by atoms with Crippen molar-refractivity contribution in [3.63, 3.8) is 0 Å². The predicted molar refractivity (Wildman–Crippen MR) is 96.8 cm³/mol. The largest absolute Gasteiger partial charge is 0.413 e. The molecular formula is C20H22N2O4. The predicted octanol–water partition coefficient (Wildman–Crippen LogP) is 2.76. The highest BCUT2D eigenvalue weighted by Crippen LogP contribution is 2.22. The van der Waals surface area contributed by atoms with Crippen LogP contribution in [-0.2, 0) is 9.53 Å². The Bertz CT molecular complexity index is 736. The monoisotopic (exact) mass is 354 g/mol. The van der Waals surface area contributed by atoms with E-state index >= 15 is 0 Å². The van der Waals surface area contributed by atoms with Crippen molar-refractivity contribution < 1.29 is 19.1 Å². The van der Waals surface area contributed by atoms with E-state index in [0.717, 1.165) is 5.56 Å². The van der Waals surface area contributed by atoms with E-state index in [1.807, 2.05) is 36.4 Å². The van der Waals surface area contributed by atoms with Crippen LogP contribution in [0.3, 0.4) is 0 Å². The molecule has 2 aromatic carbocycles. The van der Waals surface area contributed by atoms with Gasteiger partial charge in [-0.1, -0.05) is 48.5 Å². The molecule has 0 spiro atoms. The third-order valence-electron chi connectivity index (χ3n) is 4.21. The molecule has 3 rings (SSSR count). The van der Waals surface area contributed by atoms with Crippen LogP contribution >= 0.6 is 0 Å². The minimum absolute atomic E-state index is 0.153. The van der Waals surface area contributed by atoms with Crippen LogP contribution in [0.25, 0.3) is 0 Å². The number of nitrogens with zero attached hydrogens (tertiary/aromatic N) is 1. The van der Waals surface area contributed by atoms with Crippen molar-refractivity contribution in [2.24, 2.45) is 0 Å². The van der Waals surface area contributed by atoms with Crippen LogP contribution < -0.4 is 10.1 Å². The van der Waals surface area contributed by atoms with Crippen molar-refractivity contribution in [2.75, 3.05) is 19.7 Å². The first-order valence-electron chi connectivity index (χ1n) is 8.62. The zero-order valence-corrected chi connectivity index (χ0v) is 14.6. The second kappa shape index (κ2) is 8.49. The van der Waals surface area contributed by atoms with Gasteiger partial charge in [-0.05, 0) is 24.6 Å². The van der Waals surface area contributed by atoms with E-state index in [1.54, 1.807) is 36.1 Å². The first kappa shape index (κ1) is 17.9. The summed E-state index contributed by atoms with van der Waals surface area (Å²) in [4.78, 5) is 26.3. The second-order valence-electron chi connectivity index (χ2n) is 6.12. The van der Waals surface area contributed by atoms with Crippen LogP contribution in [0.5, 0.6) is 5.75 Å². The third-order valence-corrected chi connectivity index (χ3v) is 4.21. The van der Waals surface area contributed by atoms with E-state index in [1.165, 1.54) is 0 Å². The lowest BCUT2D eigenvalue weighted by Gasteiger charge is -2.34. The van der Waals surface area contributed by atoms with E-state index < -0.39 is 12.1 Å². The quantitative estimate of drug-likeness (QED) is 0.917. The Balaban J connectivity index is 1.55. The average molecular weight is 354 g/mol. The molecule has 1 N–H and O–H groups in total. The number of para-hydroxylation sites is 1. The van der Waals surface area contributed by atoms with Crippen molar-refractivity contribution in [3.05, 3.63) is 66.2 Å². The van der Waals surface area contributed by atoms with Gasteiger partial charge in [-0.15, -0.1) is 0 Å². The third kappa shape index (κ3) is 4.61. The fraction of sp³-hybridized carbons (Fsp3) is 0.300. The summed E-state index contributed by atoms with van der Waals surface area (Å²) in [6.45, 7) is 3.08. The summed E-state index contributed by atoms with van der Waals surface area (Å²) in [7, 11) is 0. The number of rotatable bonds is 4. The van der Waals surface area contributed by atoms with Crippen LogP contribution in [0.15, 0.2) is 60.7 Å². The number of benzene rings is 2. The van der Waals surface area contributed by atoms with E-state index in [0.29, 0.717) is 25.4 Å². The minimum atomic E-state index is -0.680. The van der Waals surface area contributed by atoms with Gasteiger partial charge in [0.25, 0.3) is 0 Å². The van der Waals surface area contributed by atoms with Gasteiger partial charge >= 0.3 is 6.09 Å². The molecule has 1 heterocycles. The van der Waals surface area contributed by atoms with Crippen LogP contribution in [0.2, 0.25) is 0 Å². The SMILES string of the molecule is C[C@@H](NC(=O)Oc1ccccc1)C(=O)N1CCOC(c2ccccc2)C1. The second-order valence-corrected chi connectivity index (χ2v) is 6.12. The molecule has 1 aliphatic heterocycles. The summed E-state index contributed by atoms with van der Waals surface area (Å²) >= 11 is 0. The summed E-state index contributed by atoms with van der Waals surface area (Å²) in [6.07, 6.45) is -0.803. The minimum Gasteiger partial charge on any atom is -0.410 e. The summed E-state index contributed by atoms with van der Waals surface area (Å²) in [5, 5.41) is 2.59. The Morgan fingerprint density at radius 2 is 1.77 bits per heavy atom. The number of nitrogens with one attached hydrogen (secondary N) is 1. The van der Waals surface area contributed by atoms with Crippen molar-refractivity contribution in [1.29, 1.82) is 0 Å². The molecule has 0 saturated carbocycles. The Morgan fingerprint density at radius 3 is 2.46 bits per heavy atom. The Morgan fingerprint density at radius 1 is 1.12 bits per heavy atom. The van der Waals surface area contributed by atoms with Crippen molar-refractivity contribution in [2.45, 2.75) is 19.1 Å². The molecular weight excluding hydrogens is 332 g/mol. The molecule has 6 heteroatoms. The average Bonchev–Trinajstić information content (AvgIpc) is 2.69. The van der Waals surface area contributed by atoms with Gasteiger partial charge in [-0.3, -0.25) is 4.79 Å². The molecule has 0 radical (unpaired) electrons. The lowest BCUT2D eigenvalue weighted by molar-refractivity contribution is -0.140. The highest BCUT2D eigenvalue weighted by atomic mass is 16.6. The highest BCUT2D eigenvalue weighted by Gasteiger charge is 2.29. The van der Waals surface area contributed by atoms with Gasteiger partial charge < -0.3 is 19.7 Å². The van der Waals surface area contributed by atoms with E-state index in [2.05, 4.69) is 5.32 Å². The van der Waals surface area contributed by atoms with E-state index in [9.17, 15) is 9.59 Å². The number of hydrogen-bond acceptors (Lipinski definition) is 4. The Kier molecular flexibility index (Phi) is 5.86. The van der Waals surface area contributed by atoms with Gasteiger partial charge in [0.15, 0.2) is 0 Å². The number of carbonyl (C=O) groups is 2. The molecule has 0 aliphatic carbocycles. The zero-order valence-electron chi connectivity index (χ0n) is 14.6. The molecule has 0 aromatic heterocycles. The molecule has 136 valence electrons. The Labute approximate surface area is 152 Å². The summed E-state index contributed by atoms with van der Waals surface area (Å²) in [5.41, 5.74) is 1.04. The molecule has 2 aromatic rings. The van der Waals surface area contributed by atoms with Crippen LogP contribution in [-0.4, -0.2) is 42.6 Å². The molecule has 1 unspecified atom stereocenters. The van der Waals surface area contributed by atoms with E-state index in [4.69, 9.17) is 9.47 Å². The lowest BCUT2D eigenvalue weighted by atomic mass is 10.1. The summed E-state index contributed by atoms with van der Waals surface area (Å²) < 4.78 is 10.9. The maximum absolute atomic E-state index is 12.7. The van der Waals surface area contributed by atoms with Crippen molar-refractivity contribution in [1.82, 2.24) is 10.2 Å². The standard InChI is InChI=1S/C20H22N2O4/c1-15(21-20(24)26-17-10-6-3-7-11-17)19(23)22-12-13-25-18(14-22)16-8-4-2-5-9-16/h2-11,15,18H,12-14H2,1H3,(H,21,24)/t15-,18?/m1/s1. The van der Waals surface area contributed by atoms with Crippen LogP contribution in [0, 0.1) is 0 Å². The number of carbonyl (C=O) groups excluding carboxylic acids is 2. The number of amides is 2. The van der Waals surface area contributed by atoms with Crippen molar-refractivity contribution in [3.8, 4) is 5.75 Å². The highest BCUT2D eigenvalue weighted by molar-refractivity contribution is 5.85. The maximum atomic E-state index is 12.7. The Hall–Kier alpha value is -2.86. The molecule has 2 amide bonds. The first-order valence-corrected chi connectivity index (χ1v) is 8.62. The smallest absolute Gasteiger partial charge is 0.410 e. The van der Waals surface area contributed by atoms with Crippen LogP contribution in [0.4, 0.5) is 4.79 Å². The van der Waals surface area contributed by atoms with Gasteiger partial charge in [-0.25, -0.2) is 4.79 Å². The maximum Gasteiger partial charge on any atom is 0.413 e. The lowest BCUT2D eigenvalue weighted by Crippen LogP contribution is -2.51. The normalized spacial score (nSPS) is 18.0. The molecule has 2 atom stereocenters. The first-order chi connectivity index (χ1) is 12.6. The van der Waals surface area contributed by atoms with Gasteiger partial charge in [0.1, 0.15) is 17.9 Å². The van der Waals surface area contributed by atoms with Gasteiger partial charge in [0, 0.05) is 6.54 Å². The topological polar surface area (TPSA) is 67.9 Å². The number of hydrogen-bond donors (Lipinski definition) is 1. The number of ether oxygens (including phenoxy) is 2. The van der Waals surface area contributed by atoms with E-state index in [-0.39, 0.29) is 12.0 Å². The summed E-state index contributed by atoms with van der Waals surface area (Å²) in [6, 6.07) is 17.9.